The topological polar surface area (TPSA) is 110 Å². The van der Waals surface area contributed by atoms with E-state index in [1.165, 1.54) is 0 Å². The lowest BCUT2D eigenvalue weighted by atomic mass is 10.1. The highest BCUT2D eigenvalue weighted by molar-refractivity contribution is 5.72. The van der Waals surface area contributed by atoms with Crippen LogP contribution < -0.4 is 11.5 Å². The molecule has 6 N–H and O–H groups in total. The molecule has 11 heavy (non-hydrogen) atoms. The van der Waals surface area contributed by atoms with Gasteiger partial charge >= 0.3 is 5.97 Å². The Labute approximate surface area is 65.0 Å². The number of hydrogen-bond donors (Lipinski definition) is 4. The van der Waals surface area contributed by atoms with Crippen LogP contribution in [0.15, 0.2) is 0 Å². The molecule has 0 aliphatic carbocycles. The fourth-order valence-electron chi connectivity index (χ4n) is 0.613. The number of aliphatic hydroxyl groups is 1. The van der Waals surface area contributed by atoms with Gasteiger partial charge in [-0.2, -0.15) is 0 Å². The second kappa shape index (κ2) is 5.06. The number of carboxylic acid groups (broad SMARTS) is 1. The third-order valence-corrected chi connectivity index (χ3v) is 1.40. The van der Waals surface area contributed by atoms with E-state index in [2.05, 4.69) is 0 Å². The first-order chi connectivity index (χ1) is 5.07. The zero-order chi connectivity index (χ0) is 8.85. The molecule has 0 saturated carbocycles. The van der Waals surface area contributed by atoms with Gasteiger partial charge in [0, 0.05) is 6.54 Å². The maximum Gasteiger partial charge on any atom is 0.320 e. The fourth-order valence-corrected chi connectivity index (χ4v) is 0.613. The second-order valence-electron chi connectivity index (χ2n) is 2.41. The van der Waals surface area contributed by atoms with Gasteiger partial charge in [0.05, 0.1) is 6.10 Å². The Morgan fingerprint density at radius 1 is 1.45 bits per heavy atom. The molecule has 0 saturated heterocycles. The van der Waals surface area contributed by atoms with Crippen molar-refractivity contribution in [3.8, 4) is 0 Å². The van der Waals surface area contributed by atoms with Gasteiger partial charge in [-0.05, 0) is 12.8 Å². The maximum absolute atomic E-state index is 10.2. The van der Waals surface area contributed by atoms with E-state index in [9.17, 15) is 4.79 Å². The van der Waals surface area contributed by atoms with Gasteiger partial charge in [0.25, 0.3) is 0 Å². The first kappa shape index (κ1) is 10.3. The molecule has 0 aromatic heterocycles. The summed E-state index contributed by atoms with van der Waals surface area (Å²) in [6.07, 6.45) is -0.0436. The van der Waals surface area contributed by atoms with Crippen molar-refractivity contribution >= 4 is 5.97 Å². The molecule has 0 aromatic rings. The van der Waals surface area contributed by atoms with Gasteiger partial charge in [-0.15, -0.1) is 0 Å². The van der Waals surface area contributed by atoms with E-state index in [0.29, 0.717) is 6.42 Å². The average molecular weight is 162 g/mol. The lowest BCUT2D eigenvalue weighted by Gasteiger charge is -2.09. The van der Waals surface area contributed by atoms with Gasteiger partial charge in [0.15, 0.2) is 0 Å². The van der Waals surface area contributed by atoms with E-state index < -0.39 is 18.1 Å². The molecule has 0 aliphatic heterocycles. The number of aliphatic carboxylic acids is 1. The SMILES string of the molecule is NC[C@@H](O)CCC(N)C(=O)O. The number of nitrogens with two attached hydrogens (primary N) is 2. The van der Waals surface area contributed by atoms with Crippen LogP contribution in [0.3, 0.4) is 0 Å². The van der Waals surface area contributed by atoms with Crippen LogP contribution in [0.1, 0.15) is 12.8 Å². The summed E-state index contributed by atoms with van der Waals surface area (Å²) in [5.74, 6) is -1.05. The van der Waals surface area contributed by atoms with Gasteiger partial charge in [-0.25, -0.2) is 0 Å². The minimum absolute atomic E-state index is 0.145. The first-order valence-electron chi connectivity index (χ1n) is 3.44. The molecule has 2 atom stereocenters. The molecule has 0 aromatic carbocycles. The molecule has 0 rings (SSSR count). The summed E-state index contributed by atoms with van der Waals surface area (Å²) < 4.78 is 0. The molecule has 5 nitrogen and oxygen atoms in total. The molecule has 1 unspecified atom stereocenters. The normalized spacial score (nSPS) is 15.9. The van der Waals surface area contributed by atoms with Gasteiger partial charge in [-0.1, -0.05) is 0 Å². The minimum Gasteiger partial charge on any atom is -0.480 e. The third-order valence-electron chi connectivity index (χ3n) is 1.40. The summed E-state index contributed by atoms with van der Waals surface area (Å²) in [6.45, 7) is 0.145. The van der Waals surface area contributed by atoms with Crippen molar-refractivity contribution in [3.05, 3.63) is 0 Å². The summed E-state index contributed by atoms with van der Waals surface area (Å²) >= 11 is 0. The van der Waals surface area contributed by atoms with Crippen LogP contribution in [0.4, 0.5) is 0 Å². The number of hydrogen-bond acceptors (Lipinski definition) is 4. The Morgan fingerprint density at radius 3 is 2.36 bits per heavy atom. The second-order valence-corrected chi connectivity index (χ2v) is 2.41. The molecule has 0 amide bonds. The van der Waals surface area contributed by atoms with Crippen molar-refractivity contribution in [1.29, 1.82) is 0 Å². The summed E-state index contributed by atoms with van der Waals surface area (Å²) in [7, 11) is 0. The van der Waals surface area contributed by atoms with E-state index in [1.807, 2.05) is 0 Å². The van der Waals surface area contributed by atoms with Gasteiger partial charge < -0.3 is 21.7 Å². The number of carbonyl (C=O) groups is 1. The predicted molar refractivity (Wildman–Crippen MR) is 39.9 cm³/mol. The molecule has 66 valence electrons. The smallest absolute Gasteiger partial charge is 0.320 e. The Hall–Kier alpha value is -0.650. The largest absolute Gasteiger partial charge is 0.480 e. The molecule has 0 fully saturated rings. The van der Waals surface area contributed by atoms with Crippen LogP contribution in [0.2, 0.25) is 0 Å². The van der Waals surface area contributed by atoms with Gasteiger partial charge in [0.2, 0.25) is 0 Å². The average Bonchev–Trinajstić information content (AvgIpc) is 1.99. The number of aliphatic hydroxyl groups excluding tert-OH is 1. The van der Waals surface area contributed by atoms with Crippen LogP contribution in [-0.4, -0.2) is 34.9 Å². The molecular weight excluding hydrogens is 148 g/mol. The van der Waals surface area contributed by atoms with Crippen molar-refractivity contribution in [3.63, 3.8) is 0 Å². The standard InChI is InChI=1S/C6H14N2O3/c7-3-4(9)1-2-5(8)6(10)11/h4-5,9H,1-3,7-8H2,(H,10,11)/t4-,5?/m0/s1. The summed E-state index contributed by atoms with van der Waals surface area (Å²) in [5, 5.41) is 17.2. The highest BCUT2D eigenvalue weighted by Gasteiger charge is 2.12. The van der Waals surface area contributed by atoms with Crippen molar-refractivity contribution in [2.24, 2.45) is 11.5 Å². The van der Waals surface area contributed by atoms with Gasteiger partial charge in [-0.3, -0.25) is 4.79 Å². The zero-order valence-corrected chi connectivity index (χ0v) is 6.23. The zero-order valence-electron chi connectivity index (χ0n) is 6.23. The molecule has 0 heterocycles. The Kier molecular flexibility index (Phi) is 4.76. The number of rotatable bonds is 5. The maximum atomic E-state index is 10.2. The minimum atomic E-state index is -1.05. The summed E-state index contributed by atoms with van der Waals surface area (Å²) in [4.78, 5) is 10.2. The van der Waals surface area contributed by atoms with E-state index in [1.54, 1.807) is 0 Å². The van der Waals surface area contributed by atoms with Crippen molar-refractivity contribution in [1.82, 2.24) is 0 Å². The van der Waals surface area contributed by atoms with Crippen LogP contribution in [0.5, 0.6) is 0 Å². The van der Waals surface area contributed by atoms with E-state index in [4.69, 9.17) is 21.7 Å². The quantitative estimate of drug-likeness (QED) is 0.393. The van der Waals surface area contributed by atoms with E-state index in [0.717, 1.165) is 0 Å². The van der Waals surface area contributed by atoms with E-state index >= 15 is 0 Å². The van der Waals surface area contributed by atoms with Crippen molar-refractivity contribution < 1.29 is 15.0 Å². The molecule has 0 bridgehead atoms. The molecule has 0 aliphatic rings. The highest BCUT2D eigenvalue weighted by atomic mass is 16.4. The number of carboxylic acids is 1. The predicted octanol–water partition coefficient (Wildman–Crippen LogP) is -1.50. The third kappa shape index (κ3) is 4.72. The lowest BCUT2D eigenvalue weighted by molar-refractivity contribution is -0.138. The van der Waals surface area contributed by atoms with Gasteiger partial charge in [0.1, 0.15) is 6.04 Å². The monoisotopic (exact) mass is 162 g/mol. The highest BCUT2D eigenvalue weighted by Crippen LogP contribution is 1.98. The first-order valence-corrected chi connectivity index (χ1v) is 3.44. The molecule has 0 spiro atoms. The van der Waals surface area contributed by atoms with Crippen molar-refractivity contribution in [2.45, 2.75) is 25.0 Å². The Balaban J connectivity index is 3.45. The van der Waals surface area contributed by atoms with Crippen molar-refractivity contribution in [2.75, 3.05) is 6.54 Å². The van der Waals surface area contributed by atoms with E-state index in [-0.39, 0.29) is 13.0 Å². The molecular formula is C6H14N2O3. The lowest BCUT2D eigenvalue weighted by Crippen LogP contribution is -2.32. The van der Waals surface area contributed by atoms with Crippen LogP contribution in [0, 0.1) is 0 Å². The molecule has 0 radical (unpaired) electrons. The van der Waals surface area contributed by atoms with Crippen LogP contribution >= 0.6 is 0 Å². The van der Waals surface area contributed by atoms with Crippen LogP contribution in [-0.2, 0) is 4.79 Å². The summed E-state index contributed by atoms with van der Waals surface area (Å²) in [5.41, 5.74) is 10.3. The van der Waals surface area contributed by atoms with Crippen LogP contribution in [0.25, 0.3) is 0 Å². The summed E-state index contributed by atoms with van der Waals surface area (Å²) in [6, 6.07) is -0.892. The molecule has 5 heteroatoms. The Bertz CT molecular complexity index is 129. The Morgan fingerprint density at radius 2 is 2.00 bits per heavy atom. The fraction of sp³-hybridized carbons (Fsp3) is 0.833.